The second-order valence-electron chi connectivity index (χ2n) is 7.82. The van der Waals surface area contributed by atoms with Crippen LogP contribution in [0.15, 0.2) is 0 Å². The van der Waals surface area contributed by atoms with Gasteiger partial charge in [-0.25, -0.2) is 0 Å². The van der Waals surface area contributed by atoms with Crippen LogP contribution in [-0.2, 0) is 14.2 Å². The van der Waals surface area contributed by atoms with E-state index in [4.69, 9.17) is 19.3 Å². The lowest BCUT2D eigenvalue weighted by Crippen LogP contribution is -2.11. The van der Waals surface area contributed by atoms with E-state index in [-0.39, 0.29) is 6.61 Å². The summed E-state index contributed by atoms with van der Waals surface area (Å²) in [7, 11) is 0. The maximum atomic E-state index is 8.56. The zero-order valence-corrected chi connectivity index (χ0v) is 17.3. The van der Waals surface area contributed by atoms with Crippen molar-refractivity contribution in [2.24, 2.45) is 17.8 Å². The lowest BCUT2D eigenvalue weighted by molar-refractivity contribution is 0.00600. The van der Waals surface area contributed by atoms with E-state index >= 15 is 0 Å². The van der Waals surface area contributed by atoms with E-state index in [2.05, 4.69) is 27.7 Å². The molecule has 0 bridgehead atoms. The third kappa shape index (κ3) is 20.0. The third-order valence-electron chi connectivity index (χ3n) is 4.61. The van der Waals surface area contributed by atoms with Gasteiger partial charge in [0.05, 0.1) is 39.6 Å². The first-order chi connectivity index (χ1) is 12.1. The van der Waals surface area contributed by atoms with E-state index in [9.17, 15) is 0 Å². The zero-order chi connectivity index (χ0) is 18.8. The molecule has 4 nitrogen and oxygen atoms in total. The van der Waals surface area contributed by atoms with Crippen LogP contribution in [0.5, 0.6) is 0 Å². The van der Waals surface area contributed by atoms with E-state index < -0.39 is 0 Å². The van der Waals surface area contributed by atoms with Gasteiger partial charge >= 0.3 is 0 Å². The normalized spacial score (nSPS) is 14.2. The summed E-state index contributed by atoms with van der Waals surface area (Å²) < 4.78 is 16.1. The summed E-state index contributed by atoms with van der Waals surface area (Å²) in [5, 5.41) is 8.56. The second kappa shape index (κ2) is 18.6. The molecule has 1 N–H and O–H groups in total. The molecule has 0 heterocycles. The van der Waals surface area contributed by atoms with Gasteiger partial charge in [-0.3, -0.25) is 0 Å². The van der Waals surface area contributed by atoms with Gasteiger partial charge in [0.2, 0.25) is 0 Å². The summed E-state index contributed by atoms with van der Waals surface area (Å²) in [6.45, 7) is 13.0. The quantitative estimate of drug-likeness (QED) is 0.340. The van der Waals surface area contributed by atoms with E-state index in [1.165, 1.54) is 38.5 Å². The highest BCUT2D eigenvalue weighted by atomic mass is 16.5. The fourth-order valence-electron chi connectivity index (χ4n) is 2.87. The van der Waals surface area contributed by atoms with Crippen LogP contribution in [0.2, 0.25) is 0 Å². The molecule has 0 aliphatic heterocycles. The molecule has 0 saturated heterocycles. The highest BCUT2D eigenvalue weighted by Crippen LogP contribution is 2.20. The minimum Gasteiger partial charge on any atom is -0.394 e. The van der Waals surface area contributed by atoms with Crippen molar-refractivity contribution < 1.29 is 19.3 Å². The number of hydrogen-bond acceptors (Lipinski definition) is 4. The Morgan fingerprint density at radius 3 is 1.52 bits per heavy atom. The van der Waals surface area contributed by atoms with Gasteiger partial charge in [0.1, 0.15) is 0 Å². The lowest BCUT2D eigenvalue weighted by Gasteiger charge is -2.15. The van der Waals surface area contributed by atoms with Crippen molar-refractivity contribution in [1.29, 1.82) is 0 Å². The molecule has 0 aromatic carbocycles. The lowest BCUT2D eigenvalue weighted by atomic mass is 9.93. The molecule has 0 aliphatic carbocycles. The molecular formula is C21H44O4. The molecule has 0 spiro atoms. The fraction of sp³-hybridized carbons (Fsp3) is 1.00. The van der Waals surface area contributed by atoms with Crippen molar-refractivity contribution in [1.82, 2.24) is 0 Å². The van der Waals surface area contributed by atoms with E-state index in [0.717, 1.165) is 30.8 Å². The van der Waals surface area contributed by atoms with Crippen molar-refractivity contribution in [3.05, 3.63) is 0 Å². The van der Waals surface area contributed by atoms with Crippen LogP contribution >= 0.6 is 0 Å². The van der Waals surface area contributed by atoms with Crippen molar-refractivity contribution in [3.63, 3.8) is 0 Å². The number of aliphatic hydroxyl groups excluding tert-OH is 1. The zero-order valence-electron chi connectivity index (χ0n) is 17.3. The van der Waals surface area contributed by atoms with E-state index in [1.807, 2.05) is 0 Å². The molecular weight excluding hydrogens is 316 g/mol. The van der Waals surface area contributed by atoms with Crippen molar-refractivity contribution in [2.75, 3.05) is 46.2 Å². The van der Waals surface area contributed by atoms with Gasteiger partial charge in [0, 0.05) is 6.61 Å². The van der Waals surface area contributed by atoms with Crippen LogP contribution in [0.4, 0.5) is 0 Å². The van der Waals surface area contributed by atoms with Gasteiger partial charge < -0.3 is 19.3 Å². The average molecular weight is 361 g/mol. The number of rotatable bonds is 19. The highest BCUT2D eigenvalue weighted by molar-refractivity contribution is 4.59. The second-order valence-corrected chi connectivity index (χ2v) is 7.82. The minimum atomic E-state index is 0.0678. The summed E-state index contributed by atoms with van der Waals surface area (Å²) in [6.07, 6.45) is 9.32. The Morgan fingerprint density at radius 2 is 1.00 bits per heavy atom. The van der Waals surface area contributed by atoms with Gasteiger partial charge in [-0.15, -0.1) is 0 Å². The van der Waals surface area contributed by atoms with Crippen molar-refractivity contribution >= 4 is 0 Å². The SMILES string of the molecule is CC(C)CCCC(C)CCCC(C)CCOCCOCCOCCO. The van der Waals surface area contributed by atoms with Gasteiger partial charge in [-0.05, 0) is 24.2 Å². The predicted molar refractivity (Wildman–Crippen MR) is 105 cm³/mol. The molecule has 0 aromatic heterocycles. The summed E-state index contributed by atoms with van der Waals surface area (Å²) in [5.74, 6) is 2.47. The first kappa shape index (κ1) is 24.8. The first-order valence-corrected chi connectivity index (χ1v) is 10.4. The maximum absolute atomic E-state index is 8.56. The van der Waals surface area contributed by atoms with Crippen LogP contribution in [0, 0.1) is 17.8 Å². The van der Waals surface area contributed by atoms with Crippen molar-refractivity contribution in [2.45, 2.75) is 72.6 Å². The summed E-state index contributed by atoms with van der Waals surface area (Å²) >= 11 is 0. The largest absolute Gasteiger partial charge is 0.394 e. The maximum Gasteiger partial charge on any atom is 0.0701 e. The molecule has 0 aliphatic rings. The Kier molecular flexibility index (Phi) is 18.5. The Morgan fingerprint density at radius 1 is 0.560 bits per heavy atom. The Hall–Kier alpha value is -0.160. The molecule has 2 unspecified atom stereocenters. The van der Waals surface area contributed by atoms with Crippen LogP contribution in [0.25, 0.3) is 0 Å². The smallest absolute Gasteiger partial charge is 0.0701 e. The van der Waals surface area contributed by atoms with Gasteiger partial charge in [0.15, 0.2) is 0 Å². The average Bonchev–Trinajstić information content (AvgIpc) is 2.56. The molecule has 2 atom stereocenters. The monoisotopic (exact) mass is 360 g/mol. The molecule has 0 rings (SSSR count). The standard InChI is InChI=1S/C21H44O4/c1-19(2)7-5-8-20(3)9-6-10-21(4)11-13-23-15-17-25-18-16-24-14-12-22/h19-22H,5-18H2,1-4H3. The number of ether oxygens (including phenoxy) is 3. The minimum absolute atomic E-state index is 0.0678. The highest BCUT2D eigenvalue weighted by Gasteiger charge is 2.06. The van der Waals surface area contributed by atoms with Crippen LogP contribution in [0.1, 0.15) is 72.6 Å². The number of aliphatic hydroxyl groups is 1. The Labute approximate surface area is 156 Å². The fourth-order valence-corrected chi connectivity index (χ4v) is 2.87. The van der Waals surface area contributed by atoms with E-state index in [0.29, 0.717) is 33.0 Å². The molecule has 152 valence electrons. The van der Waals surface area contributed by atoms with Gasteiger partial charge in [-0.2, -0.15) is 0 Å². The molecule has 4 heteroatoms. The Balaban J connectivity index is 3.29. The topological polar surface area (TPSA) is 47.9 Å². The predicted octanol–water partition coefficient (Wildman–Crippen LogP) is 4.69. The van der Waals surface area contributed by atoms with Gasteiger partial charge in [-0.1, -0.05) is 66.2 Å². The van der Waals surface area contributed by atoms with Crippen LogP contribution in [0.3, 0.4) is 0 Å². The summed E-state index contributed by atoms with van der Waals surface area (Å²) in [5.41, 5.74) is 0. The first-order valence-electron chi connectivity index (χ1n) is 10.4. The van der Waals surface area contributed by atoms with Crippen molar-refractivity contribution in [3.8, 4) is 0 Å². The number of hydrogen-bond donors (Lipinski definition) is 1. The molecule has 0 saturated carbocycles. The summed E-state index contributed by atoms with van der Waals surface area (Å²) in [6, 6.07) is 0. The Bertz CT molecular complexity index is 258. The molecule has 0 amide bonds. The summed E-state index contributed by atoms with van der Waals surface area (Å²) in [4.78, 5) is 0. The third-order valence-corrected chi connectivity index (χ3v) is 4.61. The molecule has 25 heavy (non-hydrogen) atoms. The molecule has 0 aromatic rings. The van der Waals surface area contributed by atoms with Gasteiger partial charge in [0.25, 0.3) is 0 Å². The molecule has 0 fully saturated rings. The van der Waals surface area contributed by atoms with Crippen LogP contribution in [-0.4, -0.2) is 51.4 Å². The molecule has 0 radical (unpaired) electrons. The van der Waals surface area contributed by atoms with E-state index in [1.54, 1.807) is 0 Å². The van der Waals surface area contributed by atoms with Crippen LogP contribution < -0.4 is 0 Å².